The van der Waals surface area contributed by atoms with Gasteiger partial charge in [-0.1, -0.05) is 0 Å². The first kappa shape index (κ1) is 11.2. The molecule has 1 aromatic heterocycles. The average molecular weight is 218 g/mol. The Morgan fingerprint density at radius 1 is 1.71 bits per heavy atom. The Hall–Kier alpha value is -0.920. The minimum atomic E-state index is -3.37. The molecule has 1 aromatic rings. The van der Waals surface area contributed by atoms with E-state index in [0.29, 0.717) is 6.54 Å². The summed E-state index contributed by atoms with van der Waals surface area (Å²) in [7, 11) is -3.37. The third-order valence-corrected chi connectivity index (χ3v) is 2.63. The number of hydrogen-bond donors (Lipinski definition) is 3. The van der Waals surface area contributed by atoms with Crippen molar-refractivity contribution in [1.29, 1.82) is 0 Å². The fraction of sp³-hybridized carbons (Fsp3) is 0.571. The summed E-state index contributed by atoms with van der Waals surface area (Å²) in [5.74, 6) is -0.0603. The molecule has 0 saturated heterocycles. The van der Waals surface area contributed by atoms with Crippen molar-refractivity contribution in [3.63, 3.8) is 0 Å². The van der Waals surface area contributed by atoms with Gasteiger partial charge >= 0.3 is 0 Å². The van der Waals surface area contributed by atoms with Gasteiger partial charge in [0, 0.05) is 24.3 Å². The van der Waals surface area contributed by atoms with Gasteiger partial charge in [0.15, 0.2) is 0 Å². The maximum absolute atomic E-state index is 10.6. The number of nitrogens with one attached hydrogen (secondary N) is 2. The molecule has 4 N–H and O–H groups in total. The van der Waals surface area contributed by atoms with Gasteiger partial charge in [-0.3, -0.25) is 5.10 Å². The minimum Gasteiger partial charge on any atom is -0.309 e. The number of nitrogens with zero attached hydrogens (tertiary/aromatic N) is 1. The van der Waals surface area contributed by atoms with Crippen LogP contribution in [0.2, 0.25) is 0 Å². The van der Waals surface area contributed by atoms with E-state index in [1.807, 2.05) is 6.92 Å². The van der Waals surface area contributed by atoms with Crippen molar-refractivity contribution in [2.75, 3.05) is 12.3 Å². The fourth-order valence-electron chi connectivity index (χ4n) is 1.03. The molecule has 14 heavy (non-hydrogen) atoms. The second-order valence-electron chi connectivity index (χ2n) is 3.07. The van der Waals surface area contributed by atoms with Crippen LogP contribution in [-0.4, -0.2) is 30.9 Å². The van der Waals surface area contributed by atoms with Gasteiger partial charge in [0.1, 0.15) is 0 Å². The smallest absolute Gasteiger partial charge is 0.210 e. The molecule has 0 aromatic carbocycles. The van der Waals surface area contributed by atoms with E-state index in [0.717, 1.165) is 5.56 Å². The Kier molecular flexibility index (Phi) is 3.62. The quantitative estimate of drug-likeness (QED) is 0.611. The van der Waals surface area contributed by atoms with E-state index < -0.39 is 10.0 Å². The minimum absolute atomic E-state index is 0.0603. The lowest BCUT2D eigenvalue weighted by Gasteiger charge is -2.10. The first-order valence-electron chi connectivity index (χ1n) is 4.21. The number of aromatic nitrogens is 2. The maximum Gasteiger partial charge on any atom is 0.210 e. The standard InChI is InChI=1S/C7H14N4O2S/c1-6(7-4-10-11-5-7)9-2-3-14(8,12)13/h4-6,9H,2-3H2,1H3,(H,10,11)(H2,8,12,13). The van der Waals surface area contributed by atoms with Gasteiger partial charge in [-0.25, -0.2) is 13.6 Å². The molecule has 1 unspecified atom stereocenters. The molecule has 1 atom stereocenters. The second kappa shape index (κ2) is 4.54. The summed E-state index contributed by atoms with van der Waals surface area (Å²) in [6, 6.07) is 0.0653. The molecular weight excluding hydrogens is 204 g/mol. The highest BCUT2D eigenvalue weighted by Crippen LogP contribution is 2.07. The SMILES string of the molecule is CC(NCCS(N)(=O)=O)c1cn[nH]c1. The van der Waals surface area contributed by atoms with Crippen LogP contribution in [0.3, 0.4) is 0 Å². The van der Waals surface area contributed by atoms with Crippen LogP contribution in [-0.2, 0) is 10.0 Å². The van der Waals surface area contributed by atoms with Crippen molar-refractivity contribution < 1.29 is 8.42 Å². The van der Waals surface area contributed by atoms with Crippen LogP contribution in [0.25, 0.3) is 0 Å². The molecule has 0 spiro atoms. The molecule has 6 nitrogen and oxygen atoms in total. The van der Waals surface area contributed by atoms with Crippen LogP contribution >= 0.6 is 0 Å². The molecule has 0 fully saturated rings. The molecule has 7 heteroatoms. The van der Waals surface area contributed by atoms with E-state index in [1.165, 1.54) is 0 Å². The van der Waals surface area contributed by atoms with Crippen molar-refractivity contribution >= 4 is 10.0 Å². The summed E-state index contributed by atoms with van der Waals surface area (Å²) < 4.78 is 21.2. The zero-order valence-corrected chi connectivity index (χ0v) is 8.71. The number of primary sulfonamides is 1. The van der Waals surface area contributed by atoms with Gasteiger partial charge in [-0.2, -0.15) is 5.10 Å². The second-order valence-corrected chi connectivity index (χ2v) is 4.81. The predicted octanol–water partition coefficient (Wildman–Crippen LogP) is -0.651. The Morgan fingerprint density at radius 2 is 2.43 bits per heavy atom. The summed E-state index contributed by atoms with van der Waals surface area (Å²) in [6.07, 6.45) is 3.45. The van der Waals surface area contributed by atoms with Crippen molar-refractivity contribution in [1.82, 2.24) is 15.5 Å². The van der Waals surface area contributed by atoms with Crippen LogP contribution in [0, 0.1) is 0 Å². The van der Waals surface area contributed by atoms with Crippen molar-refractivity contribution in [3.8, 4) is 0 Å². The summed E-state index contributed by atoms with van der Waals surface area (Å²) in [6.45, 7) is 2.26. The van der Waals surface area contributed by atoms with Crippen LogP contribution in [0.5, 0.6) is 0 Å². The molecule has 0 bridgehead atoms. The van der Waals surface area contributed by atoms with Gasteiger partial charge in [-0.05, 0) is 6.92 Å². The lowest BCUT2D eigenvalue weighted by molar-refractivity contribution is 0.573. The van der Waals surface area contributed by atoms with E-state index >= 15 is 0 Å². The molecule has 1 rings (SSSR count). The van der Waals surface area contributed by atoms with Gasteiger partial charge in [0.05, 0.1) is 11.9 Å². The predicted molar refractivity (Wildman–Crippen MR) is 53.0 cm³/mol. The van der Waals surface area contributed by atoms with E-state index in [-0.39, 0.29) is 11.8 Å². The zero-order valence-electron chi connectivity index (χ0n) is 7.90. The molecule has 0 aliphatic heterocycles. The summed E-state index contributed by atoms with van der Waals surface area (Å²) >= 11 is 0. The van der Waals surface area contributed by atoms with Crippen LogP contribution in [0.4, 0.5) is 0 Å². The van der Waals surface area contributed by atoms with Crippen LogP contribution in [0.1, 0.15) is 18.5 Å². The maximum atomic E-state index is 10.6. The number of nitrogens with two attached hydrogens (primary N) is 1. The highest BCUT2D eigenvalue weighted by Gasteiger charge is 2.07. The van der Waals surface area contributed by atoms with Crippen molar-refractivity contribution in [2.24, 2.45) is 5.14 Å². The number of H-pyrrole nitrogens is 1. The number of aromatic amines is 1. The summed E-state index contributed by atoms with van der Waals surface area (Å²) in [5.41, 5.74) is 0.986. The molecule has 0 amide bonds. The summed E-state index contributed by atoms with van der Waals surface area (Å²) in [5, 5.41) is 14.4. The fourth-order valence-corrected chi connectivity index (χ4v) is 1.44. The molecule has 80 valence electrons. The zero-order chi connectivity index (χ0) is 10.6. The third-order valence-electron chi connectivity index (χ3n) is 1.86. The Morgan fingerprint density at radius 3 is 2.93 bits per heavy atom. The largest absolute Gasteiger partial charge is 0.309 e. The van der Waals surface area contributed by atoms with Gasteiger partial charge in [-0.15, -0.1) is 0 Å². The van der Waals surface area contributed by atoms with E-state index in [2.05, 4.69) is 15.5 Å². The molecule has 0 saturated carbocycles. The highest BCUT2D eigenvalue weighted by atomic mass is 32.2. The Bertz CT molecular complexity index is 359. The van der Waals surface area contributed by atoms with E-state index in [4.69, 9.17) is 5.14 Å². The van der Waals surface area contributed by atoms with E-state index in [9.17, 15) is 8.42 Å². The molecule has 1 heterocycles. The summed E-state index contributed by atoms with van der Waals surface area (Å²) in [4.78, 5) is 0. The van der Waals surface area contributed by atoms with Crippen molar-refractivity contribution in [3.05, 3.63) is 18.0 Å². The lowest BCUT2D eigenvalue weighted by Crippen LogP contribution is -2.28. The molecule has 0 aliphatic rings. The topological polar surface area (TPSA) is 101 Å². The first-order valence-corrected chi connectivity index (χ1v) is 5.93. The van der Waals surface area contributed by atoms with Gasteiger partial charge < -0.3 is 5.32 Å². The normalized spacial score (nSPS) is 14.1. The van der Waals surface area contributed by atoms with Crippen molar-refractivity contribution in [2.45, 2.75) is 13.0 Å². The first-order chi connectivity index (χ1) is 6.49. The monoisotopic (exact) mass is 218 g/mol. The van der Waals surface area contributed by atoms with E-state index in [1.54, 1.807) is 12.4 Å². The third kappa shape index (κ3) is 3.86. The Labute approximate surface area is 82.9 Å². The molecule has 0 aliphatic carbocycles. The lowest BCUT2D eigenvalue weighted by atomic mass is 10.2. The van der Waals surface area contributed by atoms with Gasteiger partial charge in [0.2, 0.25) is 10.0 Å². The Balaban J connectivity index is 2.33. The van der Waals surface area contributed by atoms with Crippen LogP contribution in [0.15, 0.2) is 12.4 Å². The number of sulfonamides is 1. The molecule has 0 radical (unpaired) electrons. The van der Waals surface area contributed by atoms with Crippen LogP contribution < -0.4 is 10.5 Å². The number of hydrogen-bond acceptors (Lipinski definition) is 4. The number of rotatable bonds is 5. The average Bonchev–Trinajstić information content (AvgIpc) is 2.53. The highest BCUT2D eigenvalue weighted by molar-refractivity contribution is 7.89. The van der Waals surface area contributed by atoms with Gasteiger partial charge in [0.25, 0.3) is 0 Å². The molecular formula is C7H14N4O2S.